The highest BCUT2D eigenvalue weighted by molar-refractivity contribution is 9.10. The first kappa shape index (κ1) is 26.2. The van der Waals surface area contributed by atoms with E-state index in [0.717, 1.165) is 15.6 Å². The van der Waals surface area contributed by atoms with Crippen molar-refractivity contribution >= 4 is 33.6 Å². The Morgan fingerprint density at radius 1 is 1.08 bits per heavy atom. The number of hydrogen-bond donors (Lipinski definition) is 1. The van der Waals surface area contributed by atoms with Crippen molar-refractivity contribution in [3.8, 4) is 23.3 Å². The molecule has 184 valence electrons. The number of ether oxygens (including phenoxy) is 3. The Balaban J connectivity index is 1.75. The molecule has 36 heavy (non-hydrogen) atoms. The number of amides is 1. The predicted octanol–water partition coefficient (Wildman–Crippen LogP) is 5.18. The number of non-ortho nitro benzene ring substituents is 1. The first-order valence-electron chi connectivity index (χ1n) is 10.6. The highest BCUT2D eigenvalue weighted by Crippen LogP contribution is 2.27. The lowest BCUT2D eigenvalue weighted by atomic mass is 10.1. The van der Waals surface area contributed by atoms with Crippen LogP contribution in [0.3, 0.4) is 0 Å². The average molecular weight is 552 g/mol. The summed E-state index contributed by atoms with van der Waals surface area (Å²) in [5.41, 5.74) is 1.84. The molecule has 0 bridgehead atoms. The number of nitro benzene ring substituents is 1. The molecule has 0 saturated heterocycles. The number of rotatable bonds is 10. The molecule has 0 aliphatic rings. The third-order valence-corrected chi connectivity index (χ3v) is 5.61. The highest BCUT2D eigenvalue weighted by atomic mass is 79.9. The van der Waals surface area contributed by atoms with E-state index in [0.29, 0.717) is 22.8 Å². The Morgan fingerprint density at radius 3 is 2.47 bits per heavy atom. The van der Waals surface area contributed by atoms with Crippen LogP contribution >= 0.6 is 15.9 Å². The Hall–Kier alpha value is -4.36. The number of nitriles is 1. The van der Waals surface area contributed by atoms with Crippen molar-refractivity contribution in [1.29, 1.82) is 5.26 Å². The topological polar surface area (TPSA) is 124 Å². The lowest BCUT2D eigenvalue weighted by Crippen LogP contribution is -2.24. The minimum atomic E-state index is -0.559. The van der Waals surface area contributed by atoms with E-state index in [9.17, 15) is 20.2 Å². The number of hydrogen-bond acceptors (Lipinski definition) is 7. The zero-order chi connectivity index (χ0) is 26.1. The lowest BCUT2D eigenvalue weighted by Gasteiger charge is -2.12. The molecule has 3 aromatic rings. The molecule has 0 atom stereocenters. The molecule has 0 saturated carbocycles. The van der Waals surface area contributed by atoms with Crippen LogP contribution in [0.25, 0.3) is 6.08 Å². The number of nitrogens with one attached hydrogen (secondary N) is 1. The van der Waals surface area contributed by atoms with Gasteiger partial charge in [0, 0.05) is 40.3 Å². The second-order valence-electron chi connectivity index (χ2n) is 7.42. The lowest BCUT2D eigenvalue weighted by molar-refractivity contribution is -0.384. The summed E-state index contributed by atoms with van der Waals surface area (Å²) in [5.74, 6) is 1.05. The SMILES string of the molecule is COc1ccc(CNC(=O)/C(C#N)=C/c2cc(Br)ccc2OCc2ccc([N+](=O)[O-])cc2)c(OC)c1. The Bertz CT molecular complexity index is 1330. The van der Waals surface area contributed by atoms with E-state index in [-0.39, 0.29) is 24.4 Å². The molecule has 3 aromatic carbocycles. The molecule has 3 rings (SSSR count). The number of methoxy groups -OCH3 is 2. The van der Waals surface area contributed by atoms with Gasteiger partial charge in [-0.15, -0.1) is 0 Å². The van der Waals surface area contributed by atoms with Gasteiger partial charge in [-0.2, -0.15) is 5.26 Å². The van der Waals surface area contributed by atoms with Crippen LogP contribution in [0, 0.1) is 21.4 Å². The Kier molecular flexibility index (Phi) is 9.02. The van der Waals surface area contributed by atoms with Crippen LogP contribution in [0.4, 0.5) is 5.69 Å². The molecule has 9 nitrogen and oxygen atoms in total. The molecule has 1 amide bonds. The quantitative estimate of drug-likeness (QED) is 0.159. The standard InChI is InChI=1S/C26H22BrN3O6/c1-34-23-9-5-18(25(13-23)35-2)15-29-26(31)20(14-28)11-19-12-21(27)6-10-24(19)36-16-17-3-7-22(8-4-17)30(32)33/h3-13H,15-16H2,1-2H3,(H,29,31)/b20-11+. The summed E-state index contributed by atoms with van der Waals surface area (Å²) >= 11 is 3.40. The van der Waals surface area contributed by atoms with Gasteiger partial charge in [-0.1, -0.05) is 15.9 Å². The average Bonchev–Trinajstić information content (AvgIpc) is 2.89. The van der Waals surface area contributed by atoms with E-state index >= 15 is 0 Å². The van der Waals surface area contributed by atoms with Crippen molar-refractivity contribution in [3.63, 3.8) is 0 Å². The van der Waals surface area contributed by atoms with Gasteiger partial charge in [0.2, 0.25) is 0 Å². The normalized spacial score (nSPS) is 10.8. The van der Waals surface area contributed by atoms with Crippen LogP contribution in [-0.2, 0) is 17.9 Å². The van der Waals surface area contributed by atoms with Crippen LogP contribution < -0.4 is 19.5 Å². The van der Waals surface area contributed by atoms with Gasteiger partial charge in [0.05, 0.1) is 19.1 Å². The Labute approximate surface area is 216 Å². The van der Waals surface area contributed by atoms with Crippen LogP contribution in [0.2, 0.25) is 0 Å². The minimum absolute atomic E-state index is 0.0112. The van der Waals surface area contributed by atoms with Gasteiger partial charge in [-0.25, -0.2) is 0 Å². The fraction of sp³-hybridized carbons (Fsp3) is 0.154. The molecule has 0 spiro atoms. The van der Waals surface area contributed by atoms with Gasteiger partial charge < -0.3 is 19.5 Å². The molecule has 0 fully saturated rings. The molecule has 0 radical (unpaired) electrons. The molecule has 0 aliphatic carbocycles. The molecule has 0 aromatic heterocycles. The van der Waals surface area contributed by atoms with Crippen LogP contribution in [0.15, 0.2) is 70.7 Å². The maximum Gasteiger partial charge on any atom is 0.269 e. The van der Waals surface area contributed by atoms with Gasteiger partial charge >= 0.3 is 0 Å². The first-order valence-corrected chi connectivity index (χ1v) is 11.4. The van der Waals surface area contributed by atoms with Crippen molar-refractivity contribution in [1.82, 2.24) is 5.32 Å². The van der Waals surface area contributed by atoms with Crippen LogP contribution in [-0.4, -0.2) is 25.1 Å². The van der Waals surface area contributed by atoms with Gasteiger partial charge in [-0.3, -0.25) is 14.9 Å². The van der Waals surface area contributed by atoms with Gasteiger partial charge in [0.25, 0.3) is 11.6 Å². The summed E-state index contributed by atoms with van der Waals surface area (Å²) in [6.07, 6.45) is 1.44. The molecule has 0 aliphatic heterocycles. The van der Waals surface area contributed by atoms with Crippen molar-refractivity contribution in [2.45, 2.75) is 13.2 Å². The van der Waals surface area contributed by atoms with Crippen LogP contribution in [0.1, 0.15) is 16.7 Å². The molecule has 1 N–H and O–H groups in total. The monoisotopic (exact) mass is 551 g/mol. The first-order chi connectivity index (χ1) is 17.3. The summed E-state index contributed by atoms with van der Waals surface area (Å²) in [5, 5.41) is 23.2. The summed E-state index contributed by atoms with van der Waals surface area (Å²) in [4.78, 5) is 23.1. The fourth-order valence-electron chi connectivity index (χ4n) is 3.21. The number of nitrogens with zero attached hydrogens (tertiary/aromatic N) is 2. The smallest absolute Gasteiger partial charge is 0.269 e. The van der Waals surface area contributed by atoms with Crippen molar-refractivity contribution in [2.24, 2.45) is 0 Å². The van der Waals surface area contributed by atoms with E-state index in [4.69, 9.17) is 14.2 Å². The maximum atomic E-state index is 12.8. The van der Waals surface area contributed by atoms with E-state index in [1.54, 1.807) is 55.6 Å². The third-order valence-electron chi connectivity index (χ3n) is 5.11. The molecular weight excluding hydrogens is 530 g/mol. The van der Waals surface area contributed by atoms with Gasteiger partial charge in [-0.05, 0) is 54.1 Å². The fourth-order valence-corrected chi connectivity index (χ4v) is 3.59. The molecule has 0 unspecified atom stereocenters. The number of halogens is 1. The largest absolute Gasteiger partial charge is 0.497 e. The van der Waals surface area contributed by atoms with Gasteiger partial charge in [0.15, 0.2) is 0 Å². The predicted molar refractivity (Wildman–Crippen MR) is 137 cm³/mol. The van der Waals surface area contributed by atoms with Crippen LogP contribution in [0.5, 0.6) is 17.2 Å². The zero-order valence-corrected chi connectivity index (χ0v) is 21.1. The molecule has 0 heterocycles. The number of benzene rings is 3. The molecular formula is C26H22BrN3O6. The third kappa shape index (κ3) is 6.84. The van der Waals surface area contributed by atoms with E-state index in [2.05, 4.69) is 21.2 Å². The second kappa shape index (κ2) is 12.4. The minimum Gasteiger partial charge on any atom is -0.497 e. The number of carbonyl (C=O) groups excluding carboxylic acids is 1. The summed E-state index contributed by atoms with van der Waals surface area (Å²) < 4.78 is 17.1. The van der Waals surface area contributed by atoms with E-state index in [1.807, 2.05) is 6.07 Å². The van der Waals surface area contributed by atoms with Crippen molar-refractivity contribution in [3.05, 3.63) is 97.5 Å². The zero-order valence-electron chi connectivity index (χ0n) is 19.5. The summed E-state index contributed by atoms with van der Waals surface area (Å²) in [6, 6.07) is 18.4. The number of nitro groups is 1. The summed E-state index contributed by atoms with van der Waals surface area (Å²) in [7, 11) is 3.07. The molecule has 10 heteroatoms. The number of carbonyl (C=O) groups is 1. The highest BCUT2D eigenvalue weighted by Gasteiger charge is 2.14. The van der Waals surface area contributed by atoms with E-state index in [1.165, 1.54) is 25.3 Å². The van der Waals surface area contributed by atoms with Crippen molar-refractivity contribution in [2.75, 3.05) is 14.2 Å². The second-order valence-corrected chi connectivity index (χ2v) is 8.34. The summed E-state index contributed by atoms with van der Waals surface area (Å²) in [6.45, 7) is 0.290. The van der Waals surface area contributed by atoms with E-state index < -0.39 is 10.8 Å². The van der Waals surface area contributed by atoms with Crippen molar-refractivity contribution < 1.29 is 23.9 Å². The maximum absolute atomic E-state index is 12.8. The Morgan fingerprint density at radius 2 is 1.83 bits per heavy atom. The van der Waals surface area contributed by atoms with Gasteiger partial charge in [0.1, 0.15) is 35.5 Å².